The summed E-state index contributed by atoms with van der Waals surface area (Å²) in [7, 11) is 0. The first-order chi connectivity index (χ1) is 9.06. The normalized spacial score (nSPS) is 29.2. The standard InChI is InChI=1S/C15H26N2O2/c1-4-7-12-15(19)17(11-8-5-6-9-11)13(10(2)3)14(18)16-12/h10-13H,4-9H2,1-3H3,(H,16,18). The molecule has 0 aromatic heterocycles. The molecule has 19 heavy (non-hydrogen) atoms. The molecule has 1 aliphatic heterocycles. The molecule has 2 rings (SSSR count). The van der Waals surface area contributed by atoms with E-state index >= 15 is 0 Å². The number of piperazine rings is 1. The first-order valence-corrected chi connectivity index (χ1v) is 7.68. The molecule has 1 aliphatic carbocycles. The Labute approximate surface area is 115 Å². The van der Waals surface area contributed by atoms with Gasteiger partial charge in [-0.2, -0.15) is 0 Å². The van der Waals surface area contributed by atoms with Crippen molar-refractivity contribution >= 4 is 11.8 Å². The van der Waals surface area contributed by atoms with E-state index in [2.05, 4.69) is 5.32 Å². The molecule has 4 nitrogen and oxygen atoms in total. The lowest BCUT2D eigenvalue weighted by molar-refractivity contribution is -0.154. The van der Waals surface area contributed by atoms with Crippen molar-refractivity contribution in [2.24, 2.45) is 5.92 Å². The second-order valence-corrected chi connectivity index (χ2v) is 6.22. The molecular weight excluding hydrogens is 240 g/mol. The second kappa shape index (κ2) is 5.93. The highest BCUT2D eigenvalue weighted by molar-refractivity contribution is 5.97. The van der Waals surface area contributed by atoms with Crippen LogP contribution < -0.4 is 5.32 Å². The molecule has 2 atom stereocenters. The minimum absolute atomic E-state index is 0.0416. The maximum absolute atomic E-state index is 12.7. The van der Waals surface area contributed by atoms with Gasteiger partial charge >= 0.3 is 0 Å². The van der Waals surface area contributed by atoms with Gasteiger partial charge in [-0.25, -0.2) is 0 Å². The van der Waals surface area contributed by atoms with Gasteiger partial charge in [0.15, 0.2) is 0 Å². The van der Waals surface area contributed by atoms with Crippen LogP contribution in [0, 0.1) is 5.92 Å². The lowest BCUT2D eigenvalue weighted by Gasteiger charge is -2.44. The van der Waals surface area contributed by atoms with Crippen LogP contribution in [0.5, 0.6) is 0 Å². The van der Waals surface area contributed by atoms with E-state index in [4.69, 9.17) is 0 Å². The van der Waals surface area contributed by atoms with Gasteiger partial charge in [-0.05, 0) is 25.2 Å². The van der Waals surface area contributed by atoms with Crippen molar-refractivity contribution in [1.82, 2.24) is 10.2 Å². The third kappa shape index (κ3) is 2.77. The van der Waals surface area contributed by atoms with Crippen LogP contribution in [-0.2, 0) is 9.59 Å². The zero-order valence-electron chi connectivity index (χ0n) is 12.3. The molecule has 1 saturated heterocycles. The van der Waals surface area contributed by atoms with Crippen LogP contribution >= 0.6 is 0 Å². The Morgan fingerprint density at radius 3 is 2.42 bits per heavy atom. The van der Waals surface area contributed by atoms with E-state index in [1.165, 1.54) is 12.8 Å². The van der Waals surface area contributed by atoms with Gasteiger partial charge in [-0.15, -0.1) is 0 Å². The summed E-state index contributed by atoms with van der Waals surface area (Å²) in [5, 5.41) is 2.92. The number of nitrogens with one attached hydrogen (secondary N) is 1. The van der Waals surface area contributed by atoms with Crippen LogP contribution in [0.25, 0.3) is 0 Å². The fourth-order valence-corrected chi connectivity index (χ4v) is 3.46. The SMILES string of the molecule is CCCC1NC(=O)C(C(C)C)N(C2CCCC2)C1=O. The minimum atomic E-state index is -0.298. The molecule has 1 saturated carbocycles. The largest absolute Gasteiger partial charge is 0.342 e. The molecule has 4 heteroatoms. The van der Waals surface area contributed by atoms with Crippen molar-refractivity contribution in [2.45, 2.75) is 77.4 Å². The predicted octanol–water partition coefficient (Wildman–Crippen LogP) is 2.08. The summed E-state index contributed by atoms with van der Waals surface area (Å²) in [6.45, 7) is 6.10. The Morgan fingerprint density at radius 2 is 1.89 bits per heavy atom. The molecule has 2 aliphatic rings. The fourth-order valence-electron chi connectivity index (χ4n) is 3.46. The van der Waals surface area contributed by atoms with Crippen molar-refractivity contribution < 1.29 is 9.59 Å². The summed E-state index contributed by atoms with van der Waals surface area (Å²) >= 11 is 0. The highest BCUT2D eigenvalue weighted by Gasteiger charge is 2.44. The topological polar surface area (TPSA) is 49.4 Å². The summed E-state index contributed by atoms with van der Waals surface area (Å²) in [6.07, 6.45) is 6.14. The molecule has 108 valence electrons. The third-order valence-electron chi connectivity index (χ3n) is 4.36. The number of hydrogen-bond donors (Lipinski definition) is 1. The summed E-state index contributed by atoms with van der Waals surface area (Å²) in [6, 6.07) is -0.290. The maximum atomic E-state index is 12.7. The number of carbonyl (C=O) groups is 2. The van der Waals surface area contributed by atoms with Crippen LogP contribution in [-0.4, -0.2) is 34.8 Å². The lowest BCUT2D eigenvalue weighted by atomic mass is 9.93. The van der Waals surface area contributed by atoms with E-state index in [9.17, 15) is 9.59 Å². The van der Waals surface area contributed by atoms with Crippen molar-refractivity contribution in [3.8, 4) is 0 Å². The zero-order valence-corrected chi connectivity index (χ0v) is 12.3. The van der Waals surface area contributed by atoms with Crippen LogP contribution in [0.2, 0.25) is 0 Å². The van der Waals surface area contributed by atoms with Gasteiger partial charge in [0.25, 0.3) is 0 Å². The Morgan fingerprint density at radius 1 is 1.26 bits per heavy atom. The van der Waals surface area contributed by atoms with Gasteiger partial charge in [0.05, 0.1) is 0 Å². The summed E-state index contributed by atoms with van der Waals surface area (Å²) in [4.78, 5) is 26.9. The molecule has 1 heterocycles. The van der Waals surface area contributed by atoms with Gasteiger partial charge in [-0.3, -0.25) is 9.59 Å². The molecule has 0 radical (unpaired) electrons. The molecule has 2 fully saturated rings. The number of hydrogen-bond acceptors (Lipinski definition) is 2. The van der Waals surface area contributed by atoms with Gasteiger partial charge in [0.2, 0.25) is 11.8 Å². The zero-order chi connectivity index (χ0) is 14.0. The predicted molar refractivity (Wildman–Crippen MR) is 74.6 cm³/mol. The Bertz CT molecular complexity index is 348. The van der Waals surface area contributed by atoms with E-state index in [-0.39, 0.29) is 35.9 Å². The molecular formula is C15H26N2O2. The van der Waals surface area contributed by atoms with Crippen LogP contribution in [0.1, 0.15) is 59.3 Å². The van der Waals surface area contributed by atoms with Crippen molar-refractivity contribution in [3.63, 3.8) is 0 Å². The van der Waals surface area contributed by atoms with Crippen molar-refractivity contribution in [1.29, 1.82) is 0 Å². The molecule has 0 aromatic carbocycles. The highest BCUT2D eigenvalue weighted by Crippen LogP contribution is 2.30. The van der Waals surface area contributed by atoms with Crippen molar-refractivity contribution in [2.75, 3.05) is 0 Å². The second-order valence-electron chi connectivity index (χ2n) is 6.22. The molecule has 1 N–H and O–H groups in total. The molecule has 2 amide bonds. The smallest absolute Gasteiger partial charge is 0.246 e. The number of amides is 2. The van der Waals surface area contributed by atoms with E-state index in [1.807, 2.05) is 25.7 Å². The highest BCUT2D eigenvalue weighted by atomic mass is 16.2. The Balaban J connectivity index is 2.23. The molecule has 0 spiro atoms. The van der Waals surface area contributed by atoms with Gasteiger partial charge in [0, 0.05) is 6.04 Å². The first-order valence-electron chi connectivity index (χ1n) is 7.68. The minimum Gasteiger partial charge on any atom is -0.342 e. The molecule has 0 aromatic rings. The molecule has 2 unspecified atom stereocenters. The van der Waals surface area contributed by atoms with Crippen molar-refractivity contribution in [3.05, 3.63) is 0 Å². The number of rotatable bonds is 4. The van der Waals surface area contributed by atoms with E-state index in [1.54, 1.807) is 0 Å². The quantitative estimate of drug-likeness (QED) is 0.847. The Hall–Kier alpha value is -1.06. The third-order valence-corrected chi connectivity index (χ3v) is 4.36. The van der Waals surface area contributed by atoms with E-state index < -0.39 is 0 Å². The summed E-state index contributed by atoms with van der Waals surface area (Å²) in [5.74, 6) is 0.360. The van der Waals surface area contributed by atoms with Crippen LogP contribution in [0.4, 0.5) is 0 Å². The average Bonchev–Trinajstić information content (AvgIpc) is 2.86. The summed E-state index contributed by atoms with van der Waals surface area (Å²) < 4.78 is 0. The van der Waals surface area contributed by atoms with Gasteiger partial charge < -0.3 is 10.2 Å². The van der Waals surface area contributed by atoms with Crippen LogP contribution in [0.3, 0.4) is 0 Å². The molecule has 0 bridgehead atoms. The van der Waals surface area contributed by atoms with Gasteiger partial charge in [-0.1, -0.05) is 40.0 Å². The van der Waals surface area contributed by atoms with E-state index in [0.717, 1.165) is 25.7 Å². The van der Waals surface area contributed by atoms with Crippen LogP contribution in [0.15, 0.2) is 0 Å². The number of nitrogens with zero attached hydrogens (tertiary/aromatic N) is 1. The Kier molecular flexibility index (Phi) is 4.48. The average molecular weight is 266 g/mol. The monoisotopic (exact) mass is 266 g/mol. The van der Waals surface area contributed by atoms with E-state index in [0.29, 0.717) is 0 Å². The lowest BCUT2D eigenvalue weighted by Crippen LogP contribution is -2.66. The maximum Gasteiger partial charge on any atom is 0.246 e. The first kappa shape index (κ1) is 14.4. The fraction of sp³-hybridized carbons (Fsp3) is 0.867. The van der Waals surface area contributed by atoms with Gasteiger partial charge in [0.1, 0.15) is 12.1 Å². The summed E-state index contributed by atoms with van der Waals surface area (Å²) in [5.41, 5.74) is 0. The number of carbonyl (C=O) groups excluding carboxylic acids is 2.